The Morgan fingerprint density at radius 3 is 2.10 bits per heavy atom. The summed E-state index contributed by atoms with van der Waals surface area (Å²) in [5.74, 6) is 0.0460. The average Bonchev–Trinajstić information content (AvgIpc) is 3.21. The van der Waals surface area contributed by atoms with Gasteiger partial charge >= 0.3 is 0 Å². The Morgan fingerprint density at radius 1 is 0.931 bits per heavy atom. The summed E-state index contributed by atoms with van der Waals surface area (Å²) >= 11 is 12.3. The second-order valence-corrected chi connectivity index (χ2v) is 8.37. The number of hydrogen-bond acceptors (Lipinski definition) is 3. The van der Waals surface area contributed by atoms with Gasteiger partial charge in [0, 0.05) is 23.2 Å². The first-order valence-electron chi connectivity index (χ1n) is 9.74. The molecule has 150 valence electrons. The minimum atomic E-state index is -1.17. The van der Waals surface area contributed by atoms with E-state index in [0.29, 0.717) is 17.1 Å². The lowest BCUT2D eigenvalue weighted by molar-refractivity contribution is -0.00672. The van der Waals surface area contributed by atoms with Crippen molar-refractivity contribution in [2.24, 2.45) is 0 Å². The standard InChI is InChI=1S/C24H23Cl2NO2/c25-20-14-17(23(28)21(26)15-20)16-27-13-7-12-22(27)24(29,18-8-3-1-4-9-18)19-10-5-2-6-11-19/h1-6,8-11,14-15,22,28-29H,7,12-13,16H2/t22-/m1/s1. The molecule has 0 saturated carbocycles. The van der Waals surface area contributed by atoms with Crippen LogP contribution in [0.4, 0.5) is 0 Å². The number of hydrogen-bond donors (Lipinski definition) is 2. The molecule has 5 heteroatoms. The van der Waals surface area contributed by atoms with E-state index in [1.807, 2.05) is 60.7 Å². The van der Waals surface area contributed by atoms with Gasteiger partial charge in [-0.2, -0.15) is 0 Å². The van der Waals surface area contributed by atoms with Crippen LogP contribution >= 0.6 is 23.2 Å². The van der Waals surface area contributed by atoms with Crippen LogP contribution in [-0.4, -0.2) is 27.7 Å². The molecule has 1 heterocycles. The predicted molar refractivity (Wildman–Crippen MR) is 117 cm³/mol. The highest BCUT2D eigenvalue weighted by molar-refractivity contribution is 6.35. The quantitative estimate of drug-likeness (QED) is 0.556. The van der Waals surface area contributed by atoms with E-state index >= 15 is 0 Å². The maximum absolute atomic E-state index is 12.1. The molecule has 29 heavy (non-hydrogen) atoms. The number of nitrogens with zero attached hydrogens (tertiary/aromatic N) is 1. The Labute approximate surface area is 181 Å². The zero-order chi connectivity index (χ0) is 20.4. The topological polar surface area (TPSA) is 43.7 Å². The summed E-state index contributed by atoms with van der Waals surface area (Å²) in [5.41, 5.74) is 1.21. The number of likely N-dealkylation sites (tertiary alicyclic amines) is 1. The fourth-order valence-electron chi connectivity index (χ4n) is 4.38. The number of aromatic hydroxyl groups is 1. The van der Waals surface area contributed by atoms with Crippen LogP contribution in [0.15, 0.2) is 72.8 Å². The number of phenolic OH excluding ortho intramolecular Hbond substituents is 1. The predicted octanol–water partition coefficient (Wildman–Crippen LogP) is 5.60. The molecule has 0 aliphatic carbocycles. The van der Waals surface area contributed by atoms with Crippen molar-refractivity contribution in [1.82, 2.24) is 4.90 Å². The van der Waals surface area contributed by atoms with Gasteiger partial charge in [-0.05, 0) is 42.6 Å². The van der Waals surface area contributed by atoms with Gasteiger partial charge in [0.2, 0.25) is 0 Å². The van der Waals surface area contributed by atoms with Crippen molar-refractivity contribution in [2.45, 2.75) is 31.0 Å². The molecule has 1 aliphatic rings. The van der Waals surface area contributed by atoms with Crippen molar-refractivity contribution in [3.05, 3.63) is 99.5 Å². The molecule has 1 fully saturated rings. The van der Waals surface area contributed by atoms with Crippen LogP contribution in [0.5, 0.6) is 5.75 Å². The van der Waals surface area contributed by atoms with E-state index in [2.05, 4.69) is 4.90 Å². The Hall–Kier alpha value is -2.04. The van der Waals surface area contributed by atoms with Gasteiger partial charge in [0.15, 0.2) is 0 Å². The lowest BCUT2D eigenvalue weighted by atomic mass is 9.79. The zero-order valence-electron chi connectivity index (χ0n) is 15.9. The molecule has 0 aromatic heterocycles. The first-order chi connectivity index (χ1) is 14.0. The van der Waals surface area contributed by atoms with E-state index in [9.17, 15) is 10.2 Å². The molecule has 2 N–H and O–H groups in total. The Morgan fingerprint density at radius 2 is 1.52 bits per heavy atom. The maximum atomic E-state index is 12.1. The fourth-order valence-corrected chi connectivity index (χ4v) is 4.92. The van der Waals surface area contributed by atoms with E-state index in [-0.39, 0.29) is 16.8 Å². The van der Waals surface area contributed by atoms with Crippen LogP contribution in [0.2, 0.25) is 10.0 Å². The maximum Gasteiger partial charge on any atom is 0.138 e. The monoisotopic (exact) mass is 427 g/mol. The van der Waals surface area contributed by atoms with Gasteiger partial charge in [0.25, 0.3) is 0 Å². The molecule has 3 aromatic rings. The zero-order valence-corrected chi connectivity index (χ0v) is 17.4. The number of benzene rings is 3. The SMILES string of the molecule is Oc1c(Cl)cc(Cl)cc1CN1CCC[C@@H]1C(O)(c1ccccc1)c1ccccc1. The molecule has 1 saturated heterocycles. The average molecular weight is 428 g/mol. The van der Waals surface area contributed by atoms with Crippen LogP contribution < -0.4 is 0 Å². The van der Waals surface area contributed by atoms with Gasteiger partial charge in [-0.1, -0.05) is 83.9 Å². The second kappa shape index (κ2) is 8.37. The number of halogens is 2. The molecule has 4 rings (SSSR count). The van der Waals surface area contributed by atoms with Crippen LogP contribution in [0.1, 0.15) is 29.5 Å². The second-order valence-electron chi connectivity index (χ2n) is 7.52. The van der Waals surface area contributed by atoms with Crippen molar-refractivity contribution >= 4 is 23.2 Å². The highest BCUT2D eigenvalue weighted by Crippen LogP contribution is 2.42. The summed E-state index contributed by atoms with van der Waals surface area (Å²) in [4.78, 5) is 2.21. The van der Waals surface area contributed by atoms with Gasteiger partial charge in [0.1, 0.15) is 11.4 Å². The molecule has 0 spiro atoms. The van der Waals surface area contributed by atoms with Gasteiger partial charge in [-0.15, -0.1) is 0 Å². The number of phenols is 1. The van der Waals surface area contributed by atoms with Crippen molar-refractivity contribution in [1.29, 1.82) is 0 Å². The van der Waals surface area contributed by atoms with E-state index in [1.54, 1.807) is 6.07 Å². The smallest absolute Gasteiger partial charge is 0.138 e. The molecule has 0 unspecified atom stereocenters. The molecule has 1 atom stereocenters. The molecule has 3 nitrogen and oxygen atoms in total. The van der Waals surface area contributed by atoms with Crippen LogP contribution in [0, 0.1) is 0 Å². The Bertz CT molecular complexity index is 939. The normalized spacial score (nSPS) is 17.6. The summed E-state index contributed by atoms with van der Waals surface area (Å²) in [5, 5.41) is 23.3. The highest BCUT2D eigenvalue weighted by atomic mass is 35.5. The lowest BCUT2D eigenvalue weighted by Gasteiger charge is -2.40. The Kier molecular flexibility index (Phi) is 5.84. The Balaban J connectivity index is 1.75. The summed E-state index contributed by atoms with van der Waals surface area (Å²) < 4.78 is 0. The van der Waals surface area contributed by atoms with Gasteiger partial charge < -0.3 is 10.2 Å². The van der Waals surface area contributed by atoms with E-state index in [4.69, 9.17) is 23.2 Å². The molecule has 3 aromatic carbocycles. The van der Waals surface area contributed by atoms with Crippen molar-refractivity contribution in [3.63, 3.8) is 0 Å². The third-order valence-corrected chi connectivity index (χ3v) is 6.26. The van der Waals surface area contributed by atoms with Crippen molar-refractivity contribution in [2.75, 3.05) is 6.54 Å². The summed E-state index contributed by atoms with van der Waals surface area (Å²) in [6.07, 6.45) is 1.80. The van der Waals surface area contributed by atoms with Gasteiger partial charge in [-0.3, -0.25) is 4.90 Å². The molecule has 0 amide bonds. The summed E-state index contributed by atoms with van der Waals surface area (Å²) in [7, 11) is 0. The fraction of sp³-hybridized carbons (Fsp3) is 0.250. The van der Waals surface area contributed by atoms with Crippen molar-refractivity contribution < 1.29 is 10.2 Å². The van der Waals surface area contributed by atoms with Crippen LogP contribution in [0.3, 0.4) is 0 Å². The van der Waals surface area contributed by atoms with Crippen LogP contribution in [0.25, 0.3) is 0 Å². The van der Waals surface area contributed by atoms with E-state index < -0.39 is 5.60 Å². The van der Waals surface area contributed by atoms with Crippen LogP contribution in [-0.2, 0) is 12.1 Å². The minimum absolute atomic E-state index is 0.0460. The van der Waals surface area contributed by atoms with E-state index in [0.717, 1.165) is 30.5 Å². The minimum Gasteiger partial charge on any atom is -0.506 e. The van der Waals surface area contributed by atoms with Crippen molar-refractivity contribution in [3.8, 4) is 5.75 Å². The molecular formula is C24H23Cl2NO2. The number of rotatable bonds is 5. The van der Waals surface area contributed by atoms with Gasteiger partial charge in [-0.25, -0.2) is 0 Å². The van der Waals surface area contributed by atoms with E-state index in [1.165, 1.54) is 6.07 Å². The third kappa shape index (κ3) is 3.88. The molecule has 0 radical (unpaired) electrons. The largest absolute Gasteiger partial charge is 0.506 e. The molecular weight excluding hydrogens is 405 g/mol. The summed E-state index contributed by atoms with van der Waals surface area (Å²) in [6.45, 7) is 1.27. The first kappa shape index (κ1) is 20.2. The highest BCUT2D eigenvalue weighted by Gasteiger charge is 2.45. The first-order valence-corrected chi connectivity index (χ1v) is 10.5. The van der Waals surface area contributed by atoms with Gasteiger partial charge in [0.05, 0.1) is 5.02 Å². The third-order valence-electron chi connectivity index (χ3n) is 5.75. The molecule has 1 aliphatic heterocycles. The number of aliphatic hydroxyl groups is 1. The summed E-state index contributed by atoms with van der Waals surface area (Å²) in [6, 6.07) is 22.7. The molecule has 0 bridgehead atoms. The lowest BCUT2D eigenvalue weighted by Crippen LogP contribution is -2.48.